The summed E-state index contributed by atoms with van der Waals surface area (Å²) in [6.07, 6.45) is 1.79. The van der Waals surface area contributed by atoms with Crippen LogP contribution in [0.4, 0.5) is 0 Å². The van der Waals surface area contributed by atoms with Crippen molar-refractivity contribution in [3.63, 3.8) is 0 Å². The lowest BCUT2D eigenvalue weighted by atomic mass is 9.96. The molecule has 1 heterocycles. The summed E-state index contributed by atoms with van der Waals surface area (Å²) in [6.45, 7) is 3.91. The number of nitrogens with zero attached hydrogens (tertiary/aromatic N) is 1. The van der Waals surface area contributed by atoms with Crippen molar-refractivity contribution in [3.8, 4) is 5.75 Å². The van der Waals surface area contributed by atoms with Gasteiger partial charge in [-0.05, 0) is 43.6 Å². The zero-order valence-corrected chi connectivity index (χ0v) is 15.6. The molecule has 3 rings (SSSR count). The number of benzene rings is 2. The SMILES string of the molecule is O=C(NCc1ccccc1)C1CCN(CCOc2ccccc2Cl)CC1. The number of hydrogen-bond acceptors (Lipinski definition) is 3. The molecule has 0 aliphatic carbocycles. The zero-order chi connectivity index (χ0) is 18.2. The molecule has 0 bridgehead atoms. The number of carbonyl (C=O) groups is 1. The molecule has 0 atom stereocenters. The van der Waals surface area contributed by atoms with Crippen molar-refractivity contribution in [2.75, 3.05) is 26.2 Å². The van der Waals surface area contributed by atoms with Crippen molar-refractivity contribution in [2.45, 2.75) is 19.4 Å². The number of ether oxygens (including phenoxy) is 1. The van der Waals surface area contributed by atoms with Crippen LogP contribution in [0.25, 0.3) is 0 Å². The minimum atomic E-state index is 0.111. The van der Waals surface area contributed by atoms with Gasteiger partial charge in [0.1, 0.15) is 12.4 Å². The third-order valence-corrected chi connectivity index (χ3v) is 5.08. The molecule has 1 N–H and O–H groups in total. The quantitative estimate of drug-likeness (QED) is 0.804. The standard InChI is InChI=1S/C21H25ClN2O2/c22-19-8-4-5-9-20(19)26-15-14-24-12-10-18(11-13-24)21(25)23-16-17-6-2-1-3-7-17/h1-9,18H,10-16H2,(H,23,25). The van der Waals surface area contributed by atoms with Crippen LogP contribution >= 0.6 is 11.6 Å². The number of para-hydroxylation sites is 1. The predicted octanol–water partition coefficient (Wildman–Crippen LogP) is 3.75. The van der Waals surface area contributed by atoms with Crippen LogP contribution in [0.3, 0.4) is 0 Å². The van der Waals surface area contributed by atoms with Gasteiger partial charge >= 0.3 is 0 Å². The highest BCUT2D eigenvalue weighted by molar-refractivity contribution is 6.32. The van der Waals surface area contributed by atoms with Crippen molar-refractivity contribution < 1.29 is 9.53 Å². The second-order valence-electron chi connectivity index (χ2n) is 6.60. The first-order chi connectivity index (χ1) is 12.7. The Labute approximate surface area is 160 Å². The van der Waals surface area contributed by atoms with Gasteiger partial charge in [0.15, 0.2) is 0 Å². The summed E-state index contributed by atoms with van der Waals surface area (Å²) in [6, 6.07) is 17.5. The molecule has 2 aromatic rings. The van der Waals surface area contributed by atoms with Gasteiger partial charge in [0.25, 0.3) is 0 Å². The van der Waals surface area contributed by atoms with Gasteiger partial charge in [-0.2, -0.15) is 0 Å². The lowest BCUT2D eigenvalue weighted by Crippen LogP contribution is -2.41. The number of amides is 1. The molecule has 0 saturated carbocycles. The minimum Gasteiger partial charge on any atom is -0.491 e. The lowest BCUT2D eigenvalue weighted by Gasteiger charge is -2.31. The average molecular weight is 373 g/mol. The predicted molar refractivity (Wildman–Crippen MR) is 104 cm³/mol. The average Bonchev–Trinajstić information content (AvgIpc) is 2.69. The first-order valence-corrected chi connectivity index (χ1v) is 9.51. The Balaban J connectivity index is 1.34. The molecule has 0 spiro atoms. The largest absolute Gasteiger partial charge is 0.491 e. The Morgan fingerprint density at radius 3 is 2.50 bits per heavy atom. The van der Waals surface area contributed by atoms with E-state index in [1.807, 2.05) is 54.6 Å². The summed E-state index contributed by atoms with van der Waals surface area (Å²) >= 11 is 6.09. The van der Waals surface area contributed by atoms with Crippen LogP contribution < -0.4 is 10.1 Å². The molecule has 1 aliphatic rings. The van der Waals surface area contributed by atoms with Crippen molar-refractivity contribution in [2.24, 2.45) is 5.92 Å². The molecular weight excluding hydrogens is 348 g/mol. The van der Waals surface area contributed by atoms with Gasteiger partial charge in [0.05, 0.1) is 5.02 Å². The molecule has 138 valence electrons. The topological polar surface area (TPSA) is 41.6 Å². The molecule has 0 radical (unpaired) electrons. The fourth-order valence-electron chi connectivity index (χ4n) is 3.19. The van der Waals surface area contributed by atoms with Crippen LogP contribution in [0.2, 0.25) is 5.02 Å². The van der Waals surface area contributed by atoms with E-state index in [-0.39, 0.29) is 11.8 Å². The Morgan fingerprint density at radius 2 is 1.77 bits per heavy atom. The second-order valence-corrected chi connectivity index (χ2v) is 7.01. The van der Waals surface area contributed by atoms with Gasteiger partial charge in [0.2, 0.25) is 5.91 Å². The van der Waals surface area contributed by atoms with Crippen LogP contribution in [0.5, 0.6) is 5.75 Å². The molecule has 26 heavy (non-hydrogen) atoms. The van der Waals surface area contributed by atoms with E-state index in [1.54, 1.807) is 0 Å². The highest BCUT2D eigenvalue weighted by Crippen LogP contribution is 2.23. The minimum absolute atomic E-state index is 0.111. The van der Waals surface area contributed by atoms with Gasteiger partial charge in [-0.25, -0.2) is 0 Å². The maximum Gasteiger partial charge on any atom is 0.223 e. The summed E-state index contributed by atoms with van der Waals surface area (Å²) in [5.41, 5.74) is 1.13. The fraction of sp³-hybridized carbons (Fsp3) is 0.381. The van der Waals surface area contributed by atoms with E-state index in [0.717, 1.165) is 43.8 Å². The molecule has 1 aliphatic heterocycles. The van der Waals surface area contributed by atoms with Crippen LogP contribution in [0.15, 0.2) is 54.6 Å². The number of rotatable bonds is 7. The van der Waals surface area contributed by atoms with Crippen molar-refractivity contribution in [1.29, 1.82) is 0 Å². The lowest BCUT2D eigenvalue weighted by molar-refractivity contribution is -0.126. The monoisotopic (exact) mass is 372 g/mol. The first kappa shape index (κ1) is 18.7. The number of likely N-dealkylation sites (tertiary alicyclic amines) is 1. The zero-order valence-electron chi connectivity index (χ0n) is 14.9. The smallest absolute Gasteiger partial charge is 0.223 e. The summed E-state index contributed by atoms with van der Waals surface area (Å²) in [7, 11) is 0. The van der Waals surface area contributed by atoms with E-state index in [0.29, 0.717) is 18.2 Å². The Kier molecular flexibility index (Phi) is 6.92. The second kappa shape index (κ2) is 9.60. The van der Waals surface area contributed by atoms with Crippen LogP contribution in [0, 0.1) is 5.92 Å². The molecule has 1 saturated heterocycles. The molecule has 1 fully saturated rings. The Morgan fingerprint density at radius 1 is 1.08 bits per heavy atom. The molecule has 0 aromatic heterocycles. The molecule has 5 heteroatoms. The first-order valence-electron chi connectivity index (χ1n) is 9.13. The molecule has 2 aromatic carbocycles. The Bertz CT molecular complexity index is 700. The maximum atomic E-state index is 12.3. The van der Waals surface area contributed by atoms with Gasteiger partial charge in [0, 0.05) is 19.0 Å². The van der Waals surface area contributed by atoms with Crippen molar-refractivity contribution in [1.82, 2.24) is 10.2 Å². The van der Waals surface area contributed by atoms with Crippen molar-refractivity contribution in [3.05, 3.63) is 65.2 Å². The molecule has 1 amide bonds. The molecular formula is C21H25ClN2O2. The highest BCUT2D eigenvalue weighted by atomic mass is 35.5. The van der Waals surface area contributed by atoms with Gasteiger partial charge in [-0.1, -0.05) is 54.1 Å². The summed E-state index contributed by atoms with van der Waals surface area (Å²) < 4.78 is 5.75. The van der Waals surface area contributed by atoms with E-state index in [4.69, 9.17) is 16.3 Å². The third-order valence-electron chi connectivity index (χ3n) is 4.77. The van der Waals surface area contributed by atoms with Crippen LogP contribution in [-0.2, 0) is 11.3 Å². The summed E-state index contributed by atoms with van der Waals surface area (Å²) in [4.78, 5) is 14.7. The number of piperidine rings is 1. The van der Waals surface area contributed by atoms with Gasteiger partial charge < -0.3 is 10.1 Å². The molecule has 4 nitrogen and oxygen atoms in total. The maximum absolute atomic E-state index is 12.3. The van der Waals surface area contributed by atoms with Gasteiger partial charge in [-0.3, -0.25) is 9.69 Å². The highest BCUT2D eigenvalue weighted by Gasteiger charge is 2.24. The van der Waals surface area contributed by atoms with Crippen molar-refractivity contribution >= 4 is 17.5 Å². The number of carbonyl (C=O) groups excluding carboxylic acids is 1. The van der Waals surface area contributed by atoms with E-state index < -0.39 is 0 Å². The van der Waals surface area contributed by atoms with E-state index in [1.165, 1.54) is 0 Å². The van der Waals surface area contributed by atoms with Crippen LogP contribution in [-0.4, -0.2) is 37.0 Å². The number of halogens is 1. The number of hydrogen-bond donors (Lipinski definition) is 1. The summed E-state index contributed by atoms with van der Waals surface area (Å²) in [5.74, 6) is 1.00. The Hall–Kier alpha value is -2.04. The fourth-order valence-corrected chi connectivity index (χ4v) is 3.38. The number of nitrogens with one attached hydrogen (secondary N) is 1. The normalized spacial score (nSPS) is 15.6. The van der Waals surface area contributed by atoms with E-state index in [9.17, 15) is 4.79 Å². The summed E-state index contributed by atoms with van der Waals surface area (Å²) in [5, 5.41) is 3.70. The van der Waals surface area contributed by atoms with Gasteiger partial charge in [-0.15, -0.1) is 0 Å². The van der Waals surface area contributed by atoms with Crippen LogP contribution in [0.1, 0.15) is 18.4 Å². The van der Waals surface area contributed by atoms with E-state index in [2.05, 4.69) is 10.2 Å². The third kappa shape index (κ3) is 5.48. The molecule has 0 unspecified atom stereocenters. The van der Waals surface area contributed by atoms with E-state index >= 15 is 0 Å².